The van der Waals surface area contributed by atoms with Crippen LogP contribution in [0.2, 0.25) is 5.02 Å². The number of aryl methyl sites for hydroxylation is 1. The highest BCUT2D eigenvalue weighted by Gasteiger charge is 2.21. The molecule has 4 N–H and O–H groups in total. The fourth-order valence-electron chi connectivity index (χ4n) is 1.74. The molecule has 0 aliphatic rings. The van der Waals surface area contributed by atoms with Gasteiger partial charge in [-0.1, -0.05) is 30.6 Å². The van der Waals surface area contributed by atoms with Gasteiger partial charge in [0.1, 0.15) is 0 Å². The van der Waals surface area contributed by atoms with Gasteiger partial charge in [0, 0.05) is 10.6 Å². The smallest absolute Gasteiger partial charge is 0.251 e. The lowest BCUT2D eigenvalue weighted by molar-refractivity contribution is 0.0938. The Hall–Kier alpha value is -1.75. The van der Waals surface area contributed by atoms with Gasteiger partial charge in [-0.2, -0.15) is 0 Å². The first-order chi connectivity index (χ1) is 8.85. The summed E-state index contributed by atoms with van der Waals surface area (Å²) in [5, 5.41) is 14.9. The van der Waals surface area contributed by atoms with E-state index in [1.54, 1.807) is 18.2 Å². The lowest BCUT2D eigenvalue weighted by Crippen LogP contribution is -2.47. The first-order valence-electron chi connectivity index (χ1n) is 5.90. The maximum absolute atomic E-state index is 12.1. The number of halogens is 1. The number of nitrogens with zero attached hydrogens (tertiary/aromatic N) is 1. The number of oxime groups is 1. The van der Waals surface area contributed by atoms with E-state index in [0.29, 0.717) is 10.6 Å². The SMILES string of the molecule is Cc1cc(Cl)cc(C(=O)NC(/C(N)=N/O)C(C)C)c1. The molecule has 1 aromatic carbocycles. The van der Waals surface area contributed by atoms with E-state index in [2.05, 4.69) is 10.5 Å². The summed E-state index contributed by atoms with van der Waals surface area (Å²) >= 11 is 5.91. The van der Waals surface area contributed by atoms with Crippen LogP contribution in [0.1, 0.15) is 29.8 Å². The van der Waals surface area contributed by atoms with Crippen molar-refractivity contribution in [1.82, 2.24) is 5.32 Å². The third-order valence-corrected chi connectivity index (χ3v) is 2.91. The van der Waals surface area contributed by atoms with E-state index in [1.807, 2.05) is 20.8 Å². The summed E-state index contributed by atoms with van der Waals surface area (Å²) in [6, 6.07) is 4.54. The molecule has 0 aliphatic heterocycles. The molecule has 0 radical (unpaired) electrons. The van der Waals surface area contributed by atoms with Gasteiger partial charge in [-0.15, -0.1) is 0 Å². The molecule has 1 unspecified atom stereocenters. The highest BCUT2D eigenvalue weighted by atomic mass is 35.5. The van der Waals surface area contributed by atoms with Crippen LogP contribution in [0.3, 0.4) is 0 Å². The van der Waals surface area contributed by atoms with E-state index in [-0.39, 0.29) is 17.7 Å². The van der Waals surface area contributed by atoms with Gasteiger partial charge in [0.05, 0.1) is 6.04 Å². The number of rotatable bonds is 4. The lowest BCUT2D eigenvalue weighted by Gasteiger charge is -2.21. The number of amidine groups is 1. The molecule has 104 valence electrons. The monoisotopic (exact) mass is 283 g/mol. The molecule has 0 saturated carbocycles. The van der Waals surface area contributed by atoms with Gasteiger partial charge >= 0.3 is 0 Å². The van der Waals surface area contributed by atoms with Crippen molar-refractivity contribution in [2.75, 3.05) is 0 Å². The molecule has 0 saturated heterocycles. The Balaban J connectivity index is 2.94. The lowest BCUT2D eigenvalue weighted by atomic mass is 10.0. The number of amides is 1. The van der Waals surface area contributed by atoms with Gasteiger partial charge in [-0.05, 0) is 36.6 Å². The molecule has 5 nitrogen and oxygen atoms in total. The molecule has 0 bridgehead atoms. The van der Waals surface area contributed by atoms with Crippen LogP contribution in [0.5, 0.6) is 0 Å². The maximum atomic E-state index is 12.1. The van der Waals surface area contributed by atoms with Crippen LogP contribution in [0, 0.1) is 12.8 Å². The summed E-state index contributed by atoms with van der Waals surface area (Å²) in [4.78, 5) is 12.1. The molecular weight excluding hydrogens is 266 g/mol. The summed E-state index contributed by atoms with van der Waals surface area (Å²) in [6.07, 6.45) is 0. The predicted octanol–water partition coefficient (Wildman–Crippen LogP) is 2.15. The predicted molar refractivity (Wildman–Crippen MR) is 75.7 cm³/mol. The van der Waals surface area contributed by atoms with E-state index in [0.717, 1.165) is 5.56 Å². The average molecular weight is 284 g/mol. The minimum atomic E-state index is -0.531. The van der Waals surface area contributed by atoms with Crippen LogP contribution in [0.4, 0.5) is 0 Å². The molecule has 1 atom stereocenters. The van der Waals surface area contributed by atoms with Crippen molar-refractivity contribution >= 4 is 23.3 Å². The quantitative estimate of drug-likeness (QED) is 0.342. The summed E-state index contributed by atoms with van der Waals surface area (Å²) in [5.74, 6) is -0.335. The van der Waals surface area contributed by atoms with Crippen LogP contribution in [-0.2, 0) is 0 Å². The first kappa shape index (κ1) is 15.3. The molecule has 0 aromatic heterocycles. The van der Waals surface area contributed by atoms with E-state index in [4.69, 9.17) is 22.5 Å². The Kier molecular flexibility index (Phi) is 5.18. The van der Waals surface area contributed by atoms with Gasteiger partial charge in [0.15, 0.2) is 5.84 Å². The number of hydrogen-bond acceptors (Lipinski definition) is 3. The van der Waals surface area contributed by atoms with Gasteiger partial charge in [0.25, 0.3) is 5.91 Å². The molecule has 1 aromatic rings. The molecule has 1 amide bonds. The number of hydrogen-bond donors (Lipinski definition) is 3. The molecule has 0 fully saturated rings. The minimum absolute atomic E-state index is 0.000121. The topological polar surface area (TPSA) is 87.7 Å². The van der Waals surface area contributed by atoms with Gasteiger partial charge in [-0.3, -0.25) is 4.79 Å². The van der Waals surface area contributed by atoms with E-state index in [1.165, 1.54) is 0 Å². The summed E-state index contributed by atoms with van der Waals surface area (Å²) in [6.45, 7) is 5.59. The zero-order valence-electron chi connectivity index (χ0n) is 11.1. The third-order valence-electron chi connectivity index (χ3n) is 2.69. The standard InChI is InChI=1S/C13H18ClN3O2/c1-7(2)11(12(15)17-19)16-13(18)9-4-8(3)5-10(14)6-9/h4-7,11,19H,1-3H3,(H2,15,17)(H,16,18). The minimum Gasteiger partial charge on any atom is -0.409 e. The summed E-state index contributed by atoms with van der Waals surface area (Å²) in [5.41, 5.74) is 6.90. The Morgan fingerprint density at radius 2 is 2.05 bits per heavy atom. The van der Waals surface area contributed by atoms with Crippen molar-refractivity contribution in [3.05, 3.63) is 34.3 Å². The number of nitrogens with one attached hydrogen (secondary N) is 1. The number of carbonyl (C=O) groups is 1. The summed E-state index contributed by atoms with van der Waals surface area (Å²) < 4.78 is 0. The second-order valence-electron chi connectivity index (χ2n) is 4.74. The number of nitrogens with two attached hydrogens (primary N) is 1. The molecule has 19 heavy (non-hydrogen) atoms. The largest absolute Gasteiger partial charge is 0.409 e. The fraction of sp³-hybridized carbons (Fsp3) is 0.385. The Morgan fingerprint density at radius 1 is 1.42 bits per heavy atom. The third kappa shape index (κ3) is 4.13. The van der Waals surface area contributed by atoms with Gasteiger partial charge in [-0.25, -0.2) is 0 Å². The highest BCUT2D eigenvalue weighted by Crippen LogP contribution is 2.15. The Morgan fingerprint density at radius 3 is 2.53 bits per heavy atom. The second-order valence-corrected chi connectivity index (χ2v) is 5.17. The average Bonchev–Trinajstić information content (AvgIpc) is 2.33. The number of carbonyl (C=O) groups excluding carboxylic acids is 1. The molecule has 0 heterocycles. The highest BCUT2D eigenvalue weighted by molar-refractivity contribution is 6.31. The fourth-order valence-corrected chi connectivity index (χ4v) is 2.03. The van der Waals surface area contributed by atoms with Crippen LogP contribution in [0.25, 0.3) is 0 Å². The zero-order valence-corrected chi connectivity index (χ0v) is 11.9. The zero-order chi connectivity index (χ0) is 14.6. The van der Waals surface area contributed by atoms with Crippen molar-refractivity contribution in [2.24, 2.45) is 16.8 Å². The van der Waals surface area contributed by atoms with Crippen LogP contribution >= 0.6 is 11.6 Å². The van der Waals surface area contributed by atoms with Crippen molar-refractivity contribution in [3.8, 4) is 0 Å². The van der Waals surface area contributed by atoms with Crippen molar-refractivity contribution in [3.63, 3.8) is 0 Å². The van der Waals surface area contributed by atoms with Crippen LogP contribution < -0.4 is 11.1 Å². The van der Waals surface area contributed by atoms with Crippen LogP contribution in [-0.4, -0.2) is 23.0 Å². The van der Waals surface area contributed by atoms with Crippen LogP contribution in [0.15, 0.2) is 23.4 Å². The van der Waals surface area contributed by atoms with E-state index in [9.17, 15) is 4.79 Å². The van der Waals surface area contributed by atoms with Gasteiger partial charge < -0.3 is 16.3 Å². The molecule has 0 aliphatic carbocycles. The van der Waals surface area contributed by atoms with Crippen molar-refractivity contribution in [1.29, 1.82) is 0 Å². The maximum Gasteiger partial charge on any atom is 0.251 e. The van der Waals surface area contributed by atoms with E-state index < -0.39 is 6.04 Å². The molecular formula is C13H18ClN3O2. The molecule has 1 rings (SSSR count). The summed E-state index contributed by atoms with van der Waals surface area (Å²) in [7, 11) is 0. The second kappa shape index (κ2) is 6.43. The molecule has 0 spiro atoms. The molecule has 6 heteroatoms. The van der Waals surface area contributed by atoms with Crippen molar-refractivity contribution in [2.45, 2.75) is 26.8 Å². The normalized spacial score (nSPS) is 13.4. The first-order valence-corrected chi connectivity index (χ1v) is 6.28. The van der Waals surface area contributed by atoms with E-state index >= 15 is 0 Å². The number of benzene rings is 1. The Bertz CT molecular complexity index is 480. The van der Waals surface area contributed by atoms with Gasteiger partial charge in [0.2, 0.25) is 0 Å². The van der Waals surface area contributed by atoms with Crippen molar-refractivity contribution < 1.29 is 10.0 Å². The Labute approximate surface area is 117 Å².